The summed E-state index contributed by atoms with van der Waals surface area (Å²) in [7, 11) is 0. The lowest BCUT2D eigenvalue weighted by molar-refractivity contribution is -0.132. The lowest BCUT2D eigenvalue weighted by atomic mass is 9.94. The van der Waals surface area contributed by atoms with Gasteiger partial charge in [-0.3, -0.25) is 19.3 Å². The number of amides is 1. The van der Waals surface area contributed by atoms with Crippen molar-refractivity contribution in [2.24, 2.45) is 0 Å². The number of benzene rings is 3. The average molecular weight is 581 g/mol. The second kappa shape index (κ2) is 10.9. The minimum Gasteiger partial charge on any atom is -0.507 e. The number of hydrogen-bond donors (Lipinski definition) is 1. The number of ether oxygens (including phenoxy) is 2. The summed E-state index contributed by atoms with van der Waals surface area (Å²) in [6.45, 7) is 5.41. The van der Waals surface area contributed by atoms with Crippen LogP contribution in [0.25, 0.3) is 5.76 Å². The zero-order valence-electron chi connectivity index (χ0n) is 23.3. The van der Waals surface area contributed by atoms with Gasteiger partial charge < -0.3 is 14.6 Å². The van der Waals surface area contributed by atoms with Gasteiger partial charge in [0.1, 0.15) is 30.0 Å². The van der Waals surface area contributed by atoms with Gasteiger partial charge in [-0.05, 0) is 60.9 Å². The first kappa shape index (κ1) is 27.4. The zero-order chi connectivity index (χ0) is 29.5. The highest BCUT2D eigenvalue weighted by Gasteiger charge is 2.48. The zero-order valence-corrected chi connectivity index (χ0v) is 24.1. The molecule has 4 aromatic rings. The standard InChI is InChI=1S/C33H28N2O6S/c1-18-14-24-15-23(12-13-26(24)41-18)29(37)27-28(22-10-7-11-25(16-22)40-17-21-8-5-4-6-9-21)35(32(39)30(27)38)33-34-19(2)31(42-33)20(3)36/h4-13,15-16,18,28,37H,14,17H2,1-3H3/b29-27+. The molecule has 9 heteroatoms. The Bertz CT molecular complexity index is 1760. The molecule has 2 aliphatic heterocycles. The number of aliphatic hydroxyl groups is 1. The molecule has 0 aliphatic carbocycles. The highest BCUT2D eigenvalue weighted by atomic mass is 32.1. The summed E-state index contributed by atoms with van der Waals surface area (Å²) in [6, 6.07) is 21.0. The van der Waals surface area contributed by atoms with Crippen LogP contribution in [0.15, 0.2) is 78.4 Å². The molecule has 0 saturated carbocycles. The molecule has 3 aromatic carbocycles. The van der Waals surface area contributed by atoms with Gasteiger partial charge in [-0.1, -0.05) is 53.8 Å². The third kappa shape index (κ3) is 4.96. The molecule has 2 atom stereocenters. The Morgan fingerprint density at radius 1 is 1.10 bits per heavy atom. The van der Waals surface area contributed by atoms with Crippen molar-refractivity contribution >= 4 is 39.7 Å². The number of anilines is 1. The fourth-order valence-corrected chi connectivity index (χ4v) is 6.39. The predicted molar refractivity (Wildman–Crippen MR) is 159 cm³/mol. The summed E-state index contributed by atoms with van der Waals surface area (Å²) < 4.78 is 11.8. The molecule has 3 heterocycles. The fourth-order valence-electron chi connectivity index (χ4n) is 5.40. The monoisotopic (exact) mass is 580 g/mol. The van der Waals surface area contributed by atoms with E-state index in [1.165, 1.54) is 11.8 Å². The number of fused-ring (bicyclic) bond motifs is 1. The molecule has 1 aromatic heterocycles. The minimum absolute atomic E-state index is 0.00483. The van der Waals surface area contributed by atoms with Crippen LogP contribution in [0.2, 0.25) is 0 Å². The van der Waals surface area contributed by atoms with Crippen molar-refractivity contribution in [3.63, 3.8) is 0 Å². The van der Waals surface area contributed by atoms with E-state index < -0.39 is 17.7 Å². The van der Waals surface area contributed by atoms with E-state index in [2.05, 4.69) is 4.98 Å². The molecular weight excluding hydrogens is 552 g/mol. The molecular formula is C33H28N2O6S. The third-order valence-electron chi connectivity index (χ3n) is 7.35. The Hall–Kier alpha value is -4.76. The maximum Gasteiger partial charge on any atom is 0.301 e. The van der Waals surface area contributed by atoms with Crippen molar-refractivity contribution in [1.82, 2.24) is 4.98 Å². The molecule has 0 spiro atoms. The van der Waals surface area contributed by atoms with Crippen LogP contribution >= 0.6 is 11.3 Å². The molecule has 1 N–H and O–H groups in total. The fraction of sp³-hybridized carbons (Fsp3) is 0.212. The number of aryl methyl sites for hydroxylation is 1. The van der Waals surface area contributed by atoms with Crippen LogP contribution in [0, 0.1) is 6.92 Å². The molecule has 8 nitrogen and oxygen atoms in total. The molecule has 2 aliphatic rings. The van der Waals surface area contributed by atoms with Crippen molar-refractivity contribution in [2.45, 2.75) is 45.9 Å². The van der Waals surface area contributed by atoms with Gasteiger partial charge in [0, 0.05) is 18.9 Å². The molecule has 2 unspecified atom stereocenters. The number of carbonyl (C=O) groups excluding carboxylic acids is 3. The smallest absolute Gasteiger partial charge is 0.301 e. The lowest BCUT2D eigenvalue weighted by Crippen LogP contribution is -2.29. The minimum atomic E-state index is -1.00. The number of ketones is 2. The molecule has 1 saturated heterocycles. The van der Waals surface area contributed by atoms with Gasteiger partial charge >= 0.3 is 5.91 Å². The SMILES string of the molecule is CC(=O)c1sc(N2C(=O)C(=O)/C(=C(/O)c3ccc4c(c3)CC(C)O4)C2c2cccc(OCc3ccccc3)c2)nc1C. The van der Waals surface area contributed by atoms with Crippen molar-refractivity contribution in [3.05, 3.63) is 111 Å². The second-order valence-corrected chi connectivity index (χ2v) is 11.4. The van der Waals surface area contributed by atoms with Gasteiger partial charge in [0.25, 0.3) is 5.78 Å². The van der Waals surface area contributed by atoms with Crippen LogP contribution in [0.5, 0.6) is 11.5 Å². The van der Waals surface area contributed by atoms with Gasteiger partial charge in [-0.25, -0.2) is 4.98 Å². The van der Waals surface area contributed by atoms with Crippen molar-refractivity contribution in [1.29, 1.82) is 0 Å². The second-order valence-electron chi connectivity index (χ2n) is 10.4. The molecule has 6 rings (SSSR count). The number of thiazole rings is 1. The van der Waals surface area contributed by atoms with E-state index in [0.29, 0.717) is 40.5 Å². The van der Waals surface area contributed by atoms with Gasteiger partial charge in [-0.2, -0.15) is 0 Å². The Balaban J connectivity index is 1.46. The molecule has 42 heavy (non-hydrogen) atoms. The van der Waals surface area contributed by atoms with Crippen molar-refractivity contribution in [3.8, 4) is 11.5 Å². The summed E-state index contributed by atoms with van der Waals surface area (Å²) in [4.78, 5) is 45.6. The van der Waals surface area contributed by atoms with Crippen molar-refractivity contribution < 1.29 is 29.0 Å². The van der Waals surface area contributed by atoms with Crippen LogP contribution in [0.1, 0.15) is 57.5 Å². The van der Waals surface area contributed by atoms with E-state index in [0.717, 1.165) is 28.2 Å². The molecule has 1 amide bonds. The highest BCUT2D eigenvalue weighted by molar-refractivity contribution is 7.18. The first-order valence-electron chi connectivity index (χ1n) is 13.6. The van der Waals surface area contributed by atoms with E-state index in [-0.39, 0.29) is 28.4 Å². The van der Waals surface area contributed by atoms with Gasteiger partial charge in [0.2, 0.25) is 0 Å². The van der Waals surface area contributed by atoms with Gasteiger partial charge in [-0.15, -0.1) is 0 Å². The Kier molecular flexibility index (Phi) is 7.12. The number of rotatable bonds is 7. The third-order valence-corrected chi connectivity index (χ3v) is 8.60. The van der Waals surface area contributed by atoms with Crippen LogP contribution in [0.3, 0.4) is 0 Å². The van der Waals surface area contributed by atoms with E-state index >= 15 is 0 Å². The van der Waals surface area contributed by atoms with Crippen LogP contribution in [-0.4, -0.2) is 33.7 Å². The Morgan fingerprint density at radius 3 is 2.62 bits per heavy atom. The maximum absolute atomic E-state index is 13.6. The largest absolute Gasteiger partial charge is 0.507 e. The summed E-state index contributed by atoms with van der Waals surface area (Å²) in [5.74, 6) is -0.886. The van der Waals surface area contributed by atoms with Crippen LogP contribution in [0.4, 0.5) is 5.13 Å². The first-order chi connectivity index (χ1) is 20.2. The van der Waals surface area contributed by atoms with Crippen LogP contribution in [-0.2, 0) is 22.6 Å². The number of aliphatic hydroxyl groups excluding tert-OH is 1. The summed E-state index contributed by atoms with van der Waals surface area (Å²) >= 11 is 1.05. The Labute approximate surface area is 246 Å². The van der Waals surface area contributed by atoms with Gasteiger partial charge in [0.05, 0.1) is 22.2 Å². The Morgan fingerprint density at radius 2 is 1.88 bits per heavy atom. The topological polar surface area (TPSA) is 106 Å². The number of hydrogen-bond acceptors (Lipinski definition) is 8. The van der Waals surface area contributed by atoms with Crippen molar-refractivity contribution in [2.75, 3.05) is 4.90 Å². The predicted octanol–water partition coefficient (Wildman–Crippen LogP) is 6.18. The number of aromatic nitrogens is 1. The quantitative estimate of drug-likeness (QED) is 0.120. The maximum atomic E-state index is 13.6. The average Bonchev–Trinajstić information content (AvgIpc) is 3.64. The van der Waals surface area contributed by atoms with E-state index in [1.54, 1.807) is 49.4 Å². The molecule has 1 fully saturated rings. The first-order valence-corrected chi connectivity index (χ1v) is 14.4. The number of Topliss-reactive ketones (excluding diaryl/α,β-unsaturated/α-hetero) is 2. The summed E-state index contributed by atoms with van der Waals surface area (Å²) in [6.07, 6.45) is 0.673. The highest BCUT2D eigenvalue weighted by Crippen LogP contribution is 2.45. The summed E-state index contributed by atoms with van der Waals surface area (Å²) in [5.41, 5.74) is 3.26. The van der Waals surface area contributed by atoms with Crippen LogP contribution < -0.4 is 14.4 Å². The normalized spacial score (nSPS) is 19.1. The molecule has 0 radical (unpaired) electrons. The number of nitrogens with zero attached hydrogens (tertiary/aromatic N) is 2. The lowest BCUT2D eigenvalue weighted by Gasteiger charge is -2.23. The van der Waals surface area contributed by atoms with E-state index in [4.69, 9.17) is 9.47 Å². The van der Waals surface area contributed by atoms with Gasteiger partial charge in [0.15, 0.2) is 10.9 Å². The molecule has 0 bridgehead atoms. The summed E-state index contributed by atoms with van der Waals surface area (Å²) in [5, 5.41) is 11.8. The molecule has 212 valence electrons. The van der Waals surface area contributed by atoms with E-state index in [1.807, 2.05) is 37.3 Å². The number of carbonyl (C=O) groups is 3. The van der Waals surface area contributed by atoms with E-state index in [9.17, 15) is 19.5 Å².